The molecule has 0 aliphatic carbocycles. The van der Waals surface area contributed by atoms with Gasteiger partial charge in [0.1, 0.15) is 5.84 Å². The maximum Gasteiger partial charge on any atom is 0.239 e. The number of fused-ring (bicyclic) bond motifs is 1. The highest BCUT2D eigenvalue weighted by Crippen LogP contribution is 2.34. The minimum absolute atomic E-state index is 0.0617. The smallest absolute Gasteiger partial charge is 0.239 e. The summed E-state index contributed by atoms with van der Waals surface area (Å²) in [7, 11) is 0. The van der Waals surface area contributed by atoms with Gasteiger partial charge >= 0.3 is 0 Å². The largest absolute Gasteiger partial charge is 0.449 e. The van der Waals surface area contributed by atoms with E-state index in [1.807, 2.05) is 61.5 Å². The highest BCUT2D eigenvalue weighted by molar-refractivity contribution is 6.17. The molecular formula is C26H27N5O2. The first-order valence-electron chi connectivity index (χ1n) is 11.3. The summed E-state index contributed by atoms with van der Waals surface area (Å²) in [6, 6.07) is 21.7. The van der Waals surface area contributed by atoms with Crippen molar-refractivity contribution in [2.45, 2.75) is 12.8 Å². The molecule has 2 aromatic carbocycles. The molecule has 1 amide bonds. The van der Waals surface area contributed by atoms with Crippen LogP contribution in [0.15, 0.2) is 87.4 Å². The van der Waals surface area contributed by atoms with Crippen molar-refractivity contribution in [3.05, 3.63) is 78.6 Å². The first kappa shape index (κ1) is 21.2. The van der Waals surface area contributed by atoms with Gasteiger partial charge in [0.25, 0.3) is 0 Å². The SMILES string of the molecule is CC1=Nc2ccccc2N=C(NC(=O)CN2CCN(c3ccco3)CC2)C1c1ccccc1. The van der Waals surface area contributed by atoms with Gasteiger partial charge in [0.2, 0.25) is 5.91 Å². The van der Waals surface area contributed by atoms with Crippen LogP contribution in [0.2, 0.25) is 0 Å². The van der Waals surface area contributed by atoms with Crippen molar-refractivity contribution in [2.75, 3.05) is 37.6 Å². The Hall–Kier alpha value is -3.71. The van der Waals surface area contributed by atoms with E-state index in [2.05, 4.69) is 27.2 Å². The molecule has 1 aromatic heterocycles. The Labute approximate surface area is 193 Å². The minimum Gasteiger partial charge on any atom is -0.449 e. The number of amides is 1. The number of piperazine rings is 1. The molecule has 2 aliphatic rings. The Kier molecular flexibility index (Phi) is 6.04. The second-order valence-electron chi connectivity index (χ2n) is 8.35. The molecule has 7 nitrogen and oxygen atoms in total. The number of anilines is 1. The Balaban J connectivity index is 1.32. The molecule has 3 aromatic rings. The summed E-state index contributed by atoms with van der Waals surface area (Å²) in [6.07, 6.45) is 1.69. The molecular weight excluding hydrogens is 414 g/mol. The van der Waals surface area contributed by atoms with Gasteiger partial charge in [-0.15, -0.1) is 0 Å². The van der Waals surface area contributed by atoms with Gasteiger partial charge in [-0.2, -0.15) is 0 Å². The van der Waals surface area contributed by atoms with Gasteiger partial charge in [-0.3, -0.25) is 14.7 Å². The van der Waals surface area contributed by atoms with Gasteiger partial charge in [-0.05, 0) is 30.7 Å². The number of para-hydroxylation sites is 2. The Morgan fingerprint density at radius 3 is 2.33 bits per heavy atom. The van der Waals surface area contributed by atoms with Crippen LogP contribution in [-0.4, -0.2) is 55.1 Å². The van der Waals surface area contributed by atoms with Crippen LogP contribution >= 0.6 is 0 Å². The lowest BCUT2D eigenvalue weighted by Gasteiger charge is -2.34. The summed E-state index contributed by atoms with van der Waals surface area (Å²) in [6.45, 7) is 5.57. The number of hydrogen-bond acceptors (Lipinski definition) is 6. The molecule has 7 heteroatoms. The predicted octanol–water partition coefficient (Wildman–Crippen LogP) is 4.14. The fourth-order valence-corrected chi connectivity index (χ4v) is 4.41. The van der Waals surface area contributed by atoms with Gasteiger partial charge in [-0.25, -0.2) is 4.99 Å². The second-order valence-corrected chi connectivity index (χ2v) is 8.35. The third kappa shape index (κ3) is 4.73. The van der Waals surface area contributed by atoms with E-state index in [9.17, 15) is 4.79 Å². The second kappa shape index (κ2) is 9.42. The highest BCUT2D eigenvalue weighted by atomic mass is 16.3. The summed E-state index contributed by atoms with van der Waals surface area (Å²) in [5.74, 6) is 1.23. The van der Waals surface area contributed by atoms with Crippen molar-refractivity contribution >= 4 is 34.7 Å². The van der Waals surface area contributed by atoms with Gasteiger partial charge in [0.05, 0.1) is 30.1 Å². The van der Waals surface area contributed by atoms with E-state index in [-0.39, 0.29) is 11.8 Å². The number of rotatable bonds is 4. The van der Waals surface area contributed by atoms with E-state index in [1.54, 1.807) is 6.26 Å². The predicted molar refractivity (Wildman–Crippen MR) is 131 cm³/mol. The molecule has 1 unspecified atom stereocenters. The maximum atomic E-state index is 13.1. The van der Waals surface area contributed by atoms with Crippen LogP contribution in [0.5, 0.6) is 0 Å². The van der Waals surface area contributed by atoms with Crippen LogP contribution in [0.4, 0.5) is 17.3 Å². The number of carbonyl (C=O) groups is 1. The molecule has 1 saturated heterocycles. The molecule has 168 valence electrons. The van der Waals surface area contributed by atoms with E-state index in [0.717, 1.165) is 54.7 Å². The molecule has 1 N–H and O–H groups in total. The van der Waals surface area contributed by atoms with Gasteiger partial charge in [-0.1, -0.05) is 42.5 Å². The molecule has 33 heavy (non-hydrogen) atoms. The molecule has 5 rings (SSSR count). The fourth-order valence-electron chi connectivity index (χ4n) is 4.41. The van der Waals surface area contributed by atoms with Crippen LogP contribution in [0.3, 0.4) is 0 Å². The van der Waals surface area contributed by atoms with Crippen molar-refractivity contribution < 1.29 is 9.21 Å². The highest BCUT2D eigenvalue weighted by Gasteiger charge is 2.27. The third-order valence-electron chi connectivity index (χ3n) is 6.07. The molecule has 0 saturated carbocycles. The topological polar surface area (TPSA) is 73.4 Å². The number of furan rings is 1. The van der Waals surface area contributed by atoms with Gasteiger partial charge in [0.15, 0.2) is 5.88 Å². The quantitative estimate of drug-likeness (QED) is 0.661. The van der Waals surface area contributed by atoms with E-state index in [1.165, 1.54) is 0 Å². The van der Waals surface area contributed by atoms with Crippen molar-refractivity contribution in [3.8, 4) is 0 Å². The van der Waals surface area contributed by atoms with E-state index >= 15 is 0 Å². The standard InChI is InChI=1S/C26H27N5O2/c1-19-25(20-8-3-2-4-9-20)26(28-22-11-6-5-10-21(22)27-19)29-23(32)18-30-13-15-31(16-14-30)24-12-7-17-33-24/h2-12,17,25H,13-16,18H2,1H3,(H,28,29,32). The summed E-state index contributed by atoms with van der Waals surface area (Å²) in [5, 5.41) is 3.12. The zero-order valence-electron chi connectivity index (χ0n) is 18.6. The number of benzene rings is 2. The number of nitrogens with zero attached hydrogens (tertiary/aromatic N) is 4. The fraction of sp³-hybridized carbons (Fsp3) is 0.269. The van der Waals surface area contributed by atoms with Crippen molar-refractivity contribution in [1.29, 1.82) is 0 Å². The first-order valence-corrected chi connectivity index (χ1v) is 11.3. The number of carbonyl (C=O) groups excluding carboxylic acids is 1. The molecule has 1 atom stereocenters. The van der Waals surface area contributed by atoms with Gasteiger partial charge in [0, 0.05) is 38.0 Å². The Morgan fingerprint density at radius 2 is 1.64 bits per heavy atom. The molecule has 0 radical (unpaired) electrons. The zero-order chi connectivity index (χ0) is 22.6. The van der Waals surface area contributed by atoms with Crippen LogP contribution in [-0.2, 0) is 4.79 Å². The lowest BCUT2D eigenvalue weighted by Crippen LogP contribution is -2.50. The number of nitrogens with one attached hydrogen (secondary N) is 1. The summed E-state index contributed by atoms with van der Waals surface area (Å²) >= 11 is 0. The molecule has 0 bridgehead atoms. The minimum atomic E-state index is -0.210. The number of hydrogen-bond donors (Lipinski definition) is 1. The molecule has 2 aliphatic heterocycles. The Bertz CT molecular complexity index is 1160. The average Bonchev–Trinajstić information content (AvgIpc) is 3.32. The van der Waals surface area contributed by atoms with E-state index in [4.69, 9.17) is 14.4 Å². The lowest BCUT2D eigenvalue weighted by molar-refractivity contribution is -0.120. The van der Waals surface area contributed by atoms with Crippen LogP contribution < -0.4 is 10.2 Å². The zero-order valence-corrected chi connectivity index (χ0v) is 18.6. The normalized spacial score (nSPS) is 18.7. The van der Waals surface area contributed by atoms with Crippen molar-refractivity contribution in [2.24, 2.45) is 9.98 Å². The third-order valence-corrected chi connectivity index (χ3v) is 6.07. The van der Waals surface area contributed by atoms with Crippen molar-refractivity contribution in [3.63, 3.8) is 0 Å². The average molecular weight is 442 g/mol. The van der Waals surface area contributed by atoms with Gasteiger partial charge < -0.3 is 14.6 Å². The summed E-state index contributed by atoms with van der Waals surface area (Å²) in [4.78, 5) is 27.1. The summed E-state index contributed by atoms with van der Waals surface area (Å²) in [5.41, 5.74) is 3.53. The van der Waals surface area contributed by atoms with Crippen LogP contribution in [0, 0.1) is 0 Å². The lowest BCUT2D eigenvalue weighted by atomic mass is 9.93. The van der Waals surface area contributed by atoms with E-state index in [0.29, 0.717) is 12.4 Å². The molecule has 1 fully saturated rings. The van der Waals surface area contributed by atoms with Crippen LogP contribution in [0.1, 0.15) is 18.4 Å². The van der Waals surface area contributed by atoms with E-state index < -0.39 is 0 Å². The monoisotopic (exact) mass is 441 g/mol. The Morgan fingerprint density at radius 1 is 0.939 bits per heavy atom. The first-order chi connectivity index (χ1) is 16.2. The van der Waals surface area contributed by atoms with Crippen molar-refractivity contribution in [1.82, 2.24) is 10.2 Å². The summed E-state index contributed by atoms with van der Waals surface area (Å²) < 4.78 is 5.50. The molecule has 3 heterocycles. The van der Waals surface area contributed by atoms with Crippen LogP contribution in [0.25, 0.3) is 0 Å². The number of aliphatic imine (C=N–C) groups is 2. The molecule has 0 spiro atoms. The number of amidine groups is 1. The maximum absolute atomic E-state index is 13.1.